The normalized spacial score (nSPS) is 24.0. The third-order valence-electron chi connectivity index (χ3n) is 4.16. The van der Waals surface area contributed by atoms with Crippen molar-refractivity contribution in [2.75, 3.05) is 13.1 Å². The summed E-state index contributed by atoms with van der Waals surface area (Å²) in [6, 6.07) is 6.45. The highest BCUT2D eigenvalue weighted by Gasteiger charge is 2.28. The Labute approximate surface area is 133 Å². The van der Waals surface area contributed by atoms with E-state index in [9.17, 15) is 4.79 Å². The highest BCUT2D eigenvalue weighted by Crippen LogP contribution is 2.30. The maximum absolute atomic E-state index is 12.7. The second-order valence-electron chi connectivity index (χ2n) is 6.72. The van der Waals surface area contributed by atoms with E-state index in [0.717, 1.165) is 13.1 Å². The number of rotatable bonds is 3. The maximum Gasteiger partial charge on any atom is 0.235 e. The Hall–Kier alpha value is -0.960. The van der Waals surface area contributed by atoms with Gasteiger partial charge in [0.2, 0.25) is 5.91 Å². The molecule has 21 heavy (non-hydrogen) atoms. The molecule has 3 unspecified atom stereocenters. The molecule has 2 nitrogen and oxygen atoms in total. The number of benzene rings is 1. The van der Waals surface area contributed by atoms with Crippen molar-refractivity contribution in [1.82, 2.24) is 4.90 Å². The van der Waals surface area contributed by atoms with Crippen LogP contribution in [-0.2, 0) is 4.79 Å². The van der Waals surface area contributed by atoms with Crippen molar-refractivity contribution in [3.8, 4) is 0 Å². The van der Waals surface area contributed by atoms with E-state index in [1.165, 1.54) is 22.4 Å². The minimum absolute atomic E-state index is 0.0103. The van der Waals surface area contributed by atoms with Crippen LogP contribution < -0.4 is 0 Å². The van der Waals surface area contributed by atoms with Gasteiger partial charge in [-0.15, -0.1) is 11.8 Å². The molecule has 0 radical (unpaired) electrons. The van der Waals surface area contributed by atoms with E-state index in [0.29, 0.717) is 17.7 Å². The second-order valence-corrected chi connectivity index (χ2v) is 8.10. The first-order valence-electron chi connectivity index (χ1n) is 7.89. The first-order chi connectivity index (χ1) is 9.86. The molecular weight excluding hydrogens is 278 g/mol. The molecule has 1 aromatic rings. The Kier molecular flexibility index (Phi) is 5.37. The lowest BCUT2D eigenvalue weighted by Crippen LogP contribution is -2.45. The van der Waals surface area contributed by atoms with Crippen LogP contribution >= 0.6 is 11.8 Å². The molecule has 0 saturated carbocycles. The Balaban J connectivity index is 2.02. The standard InChI is InChI=1S/C18H27NOS/c1-12-6-7-17(15(4)9-12)21-16(5)18(20)19-10-13(2)8-14(3)11-19/h6-7,9,13-14,16H,8,10-11H2,1-5H3. The molecule has 1 aliphatic heterocycles. The molecular formula is C18H27NOS. The van der Waals surface area contributed by atoms with Gasteiger partial charge in [0.25, 0.3) is 0 Å². The van der Waals surface area contributed by atoms with E-state index in [-0.39, 0.29) is 5.25 Å². The number of thioether (sulfide) groups is 1. The minimum Gasteiger partial charge on any atom is -0.341 e. The van der Waals surface area contributed by atoms with Gasteiger partial charge in [0.05, 0.1) is 5.25 Å². The summed E-state index contributed by atoms with van der Waals surface area (Å²) in [5.74, 6) is 1.53. The fraction of sp³-hybridized carbons (Fsp3) is 0.611. The third-order valence-corrected chi connectivity index (χ3v) is 5.43. The predicted octanol–water partition coefficient (Wildman–Crippen LogP) is 4.29. The molecule has 3 atom stereocenters. The SMILES string of the molecule is Cc1ccc(SC(C)C(=O)N2CC(C)CC(C)C2)c(C)c1. The molecule has 116 valence electrons. The number of carbonyl (C=O) groups excluding carboxylic acids is 1. The number of nitrogens with zero attached hydrogens (tertiary/aromatic N) is 1. The quantitative estimate of drug-likeness (QED) is 0.777. The molecule has 1 heterocycles. The van der Waals surface area contributed by atoms with Crippen molar-refractivity contribution in [3.05, 3.63) is 29.3 Å². The van der Waals surface area contributed by atoms with Crippen molar-refractivity contribution in [1.29, 1.82) is 0 Å². The average Bonchev–Trinajstić information content (AvgIpc) is 2.40. The number of likely N-dealkylation sites (tertiary alicyclic amines) is 1. The fourth-order valence-corrected chi connectivity index (χ4v) is 4.29. The molecule has 1 amide bonds. The Bertz CT molecular complexity index is 504. The van der Waals surface area contributed by atoms with Gasteiger partial charge in [0.15, 0.2) is 0 Å². The van der Waals surface area contributed by atoms with E-state index < -0.39 is 0 Å². The highest BCUT2D eigenvalue weighted by molar-refractivity contribution is 8.00. The smallest absolute Gasteiger partial charge is 0.235 e. The predicted molar refractivity (Wildman–Crippen MR) is 90.8 cm³/mol. The van der Waals surface area contributed by atoms with Gasteiger partial charge >= 0.3 is 0 Å². The molecule has 0 spiro atoms. The number of piperidine rings is 1. The van der Waals surface area contributed by atoms with E-state index in [4.69, 9.17) is 0 Å². The van der Waals surface area contributed by atoms with Gasteiger partial charge in [-0.3, -0.25) is 4.79 Å². The molecule has 0 N–H and O–H groups in total. The number of aryl methyl sites for hydroxylation is 2. The van der Waals surface area contributed by atoms with Crippen molar-refractivity contribution in [3.63, 3.8) is 0 Å². The van der Waals surface area contributed by atoms with Crippen molar-refractivity contribution < 1.29 is 4.79 Å². The topological polar surface area (TPSA) is 20.3 Å². The molecule has 1 aliphatic rings. The summed E-state index contributed by atoms with van der Waals surface area (Å²) < 4.78 is 0. The molecule has 1 aromatic carbocycles. The summed E-state index contributed by atoms with van der Waals surface area (Å²) in [6.07, 6.45) is 1.24. The monoisotopic (exact) mass is 305 g/mol. The first-order valence-corrected chi connectivity index (χ1v) is 8.77. The van der Waals surface area contributed by atoms with Crippen molar-refractivity contribution in [2.24, 2.45) is 11.8 Å². The Morgan fingerprint density at radius 2 is 1.86 bits per heavy atom. The number of amides is 1. The Morgan fingerprint density at radius 3 is 2.43 bits per heavy atom. The van der Waals surface area contributed by atoms with Crippen molar-refractivity contribution in [2.45, 2.75) is 51.2 Å². The van der Waals surface area contributed by atoms with Gasteiger partial charge in [-0.2, -0.15) is 0 Å². The number of hydrogen-bond acceptors (Lipinski definition) is 2. The summed E-state index contributed by atoms with van der Waals surface area (Å²) in [5, 5.41) is -0.0103. The van der Waals surface area contributed by atoms with Gasteiger partial charge < -0.3 is 4.90 Å². The van der Waals surface area contributed by atoms with Crippen LogP contribution in [0.15, 0.2) is 23.1 Å². The third kappa shape index (κ3) is 4.26. The van der Waals surface area contributed by atoms with Crippen LogP contribution in [-0.4, -0.2) is 29.1 Å². The van der Waals surface area contributed by atoms with Crippen LogP contribution in [0.5, 0.6) is 0 Å². The van der Waals surface area contributed by atoms with Crippen LogP contribution in [0, 0.1) is 25.7 Å². The van der Waals surface area contributed by atoms with E-state index >= 15 is 0 Å². The summed E-state index contributed by atoms with van der Waals surface area (Å²) in [6.45, 7) is 12.6. The molecule has 0 aromatic heterocycles. The van der Waals surface area contributed by atoms with E-state index in [1.807, 2.05) is 6.92 Å². The summed E-state index contributed by atoms with van der Waals surface area (Å²) in [4.78, 5) is 16.0. The lowest BCUT2D eigenvalue weighted by Gasteiger charge is -2.36. The van der Waals surface area contributed by atoms with Gasteiger partial charge in [-0.25, -0.2) is 0 Å². The van der Waals surface area contributed by atoms with Crippen molar-refractivity contribution >= 4 is 17.7 Å². The lowest BCUT2D eigenvalue weighted by molar-refractivity contribution is -0.132. The zero-order chi connectivity index (χ0) is 15.6. The Morgan fingerprint density at radius 1 is 1.24 bits per heavy atom. The van der Waals surface area contributed by atoms with Crippen LogP contribution in [0.4, 0.5) is 0 Å². The first kappa shape index (κ1) is 16.4. The molecule has 1 saturated heterocycles. The summed E-state index contributed by atoms with van der Waals surface area (Å²) in [7, 11) is 0. The molecule has 3 heteroatoms. The van der Waals surface area contributed by atoms with Crippen LogP contribution in [0.1, 0.15) is 38.3 Å². The van der Waals surface area contributed by atoms with Gasteiger partial charge in [0.1, 0.15) is 0 Å². The van der Waals surface area contributed by atoms with Gasteiger partial charge in [0, 0.05) is 18.0 Å². The largest absolute Gasteiger partial charge is 0.341 e. The summed E-state index contributed by atoms with van der Waals surface area (Å²) >= 11 is 1.69. The second kappa shape index (κ2) is 6.87. The number of carbonyl (C=O) groups is 1. The lowest BCUT2D eigenvalue weighted by atomic mass is 9.92. The van der Waals surface area contributed by atoms with Crippen LogP contribution in [0.3, 0.4) is 0 Å². The number of hydrogen-bond donors (Lipinski definition) is 0. The average molecular weight is 305 g/mol. The minimum atomic E-state index is -0.0103. The maximum atomic E-state index is 12.7. The summed E-state index contributed by atoms with van der Waals surface area (Å²) in [5.41, 5.74) is 2.54. The molecule has 0 bridgehead atoms. The zero-order valence-electron chi connectivity index (χ0n) is 13.8. The molecule has 2 rings (SSSR count). The highest BCUT2D eigenvalue weighted by atomic mass is 32.2. The molecule has 1 fully saturated rings. The van der Waals surface area contributed by atoms with Crippen LogP contribution in [0.2, 0.25) is 0 Å². The van der Waals surface area contributed by atoms with Crippen LogP contribution in [0.25, 0.3) is 0 Å². The molecule has 0 aliphatic carbocycles. The van der Waals surface area contributed by atoms with E-state index in [2.05, 4.69) is 50.8 Å². The van der Waals surface area contributed by atoms with Gasteiger partial charge in [-0.05, 0) is 50.7 Å². The zero-order valence-corrected chi connectivity index (χ0v) is 14.7. The fourth-order valence-electron chi connectivity index (χ4n) is 3.27. The van der Waals surface area contributed by atoms with E-state index in [1.54, 1.807) is 11.8 Å². The van der Waals surface area contributed by atoms with Gasteiger partial charge in [-0.1, -0.05) is 31.5 Å².